The Bertz CT molecular complexity index is 658. The fraction of sp³-hybridized carbons (Fsp3) is 0.176. The van der Waals surface area contributed by atoms with Gasteiger partial charge in [0.15, 0.2) is 0 Å². The molecule has 0 bridgehead atoms. The van der Waals surface area contributed by atoms with Gasteiger partial charge in [0, 0.05) is 13.1 Å². The lowest BCUT2D eigenvalue weighted by atomic mass is 10.1. The van der Waals surface area contributed by atoms with Gasteiger partial charge in [-0.2, -0.15) is 5.26 Å². The summed E-state index contributed by atoms with van der Waals surface area (Å²) in [7, 11) is 1.61. The smallest absolute Gasteiger partial charge is 0.315 e. The van der Waals surface area contributed by atoms with Crippen LogP contribution in [-0.2, 0) is 13.1 Å². The van der Waals surface area contributed by atoms with E-state index in [2.05, 4.69) is 16.7 Å². The second-order valence-electron chi connectivity index (χ2n) is 4.69. The van der Waals surface area contributed by atoms with E-state index in [0.717, 1.165) is 16.9 Å². The van der Waals surface area contributed by atoms with Gasteiger partial charge in [0.1, 0.15) is 5.75 Å². The maximum Gasteiger partial charge on any atom is 0.315 e. The van der Waals surface area contributed by atoms with Gasteiger partial charge in [-0.1, -0.05) is 24.3 Å². The minimum atomic E-state index is -0.236. The summed E-state index contributed by atoms with van der Waals surface area (Å²) >= 11 is 0. The Morgan fingerprint density at radius 1 is 1.00 bits per heavy atom. The van der Waals surface area contributed by atoms with Crippen LogP contribution in [0.3, 0.4) is 0 Å². The molecule has 0 unspecified atom stereocenters. The fourth-order valence-corrected chi connectivity index (χ4v) is 1.87. The van der Waals surface area contributed by atoms with Gasteiger partial charge in [-0.3, -0.25) is 0 Å². The largest absolute Gasteiger partial charge is 0.497 e. The molecule has 0 radical (unpaired) electrons. The molecular weight excluding hydrogens is 278 g/mol. The molecule has 22 heavy (non-hydrogen) atoms. The Hall–Kier alpha value is -3.00. The monoisotopic (exact) mass is 295 g/mol. The molecular formula is C17H17N3O2. The molecule has 2 aromatic carbocycles. The Morgan fingerprint density at radius 3 is 1.95 bits per heavy atom. The maximum atomic E-state index is 11.7. The number of nitrogens with one attached hydrogen (secondary N) is 2. The number of rotatable bonds is 5. The third-order valence-corrected chi connectivity index (χ3v) is 3.15. The van der Waals surface area contributed by atoms with Crippen molar-refractivity contribution in [3.8, 4) is 11.8 Å². The van der Waals surface area contributed by atoms with E-state index >= 15 is 0 Å². The number of methoxy groups -OCH3 is 1. The summed E-state index contributed by atoms with van der Waals surface area (Å²) in [6.45, 7) is 0.864. The minimum Gasteiger partial charge on any atom is -0.497 e. The zero-order valence-corrected chi connectivity index (χ0v) is 12.3. The average Bonchev–Trinajstić information content (AvgIpc) is 2.59. The van der Waals surface area contributed by atoms with E-state index in [1.54, 1.807) is 19.2 Å². The van der Waals surface area contributed by atoms with Crippen LogP contribution in [-0.4, -0.2) is 13.1 Å². The molecule has 0 saturated heterocycles. The minimum absolute atomic E-state index is 0.236. The molecule has 5 nitrogen and oxygen atoms in total. The molecule has 2 amide bonds. The maximum absolute atomic E-state index is 11.7. The lowest BCUT2D eigenvalue weighted by Gasteiger charge is -2.08. The van der Waals surface area contributed by atoms with Crippen LogP contribution in [0.1, 0.15) is 16.7 Å². The van der Waals surface area contributed by atoms with Crippen molar-refractivity contribution in [2.45, 2.75) is 13.1 Å². The number of amides is 2. The summed E-state index contributed by atoms with van der Waals surface area (Å²) in [6.07, 6.45) is 0. The lowest BCUT2D eigenvalue weighted by molar-refractivity contribution is 0.240. The van der Waals surface area contributed by atoms with Crippen LogP contribution in [0, 0.1) is 11.3 Å². The molecule has 5 heteroatoms. The number of ether oxygens (including phenoxy) is 1. The number of hydrogen-bond donors (Lipinski definition) is 2. The van der Waals surface area contributed by atoms with E-state index in [9.17, 15) is 4.79 Å². The molecule has 2 rings (SSSR count). The van der Waals surface area contributed by atoms with Gasteiger partial charge in [0.05, 0.1) is 18.7 Å². The number of hydrogen-bond acceptors (Lipinski definition) is 3. The van der Waals surface area contributed by atoms with Crippen molar-refractivity contribution in [3.05, 3.63) is 65.2 Å². The predicted octanol–water partition coefficient (Wildman–Crippen LogP) is 2.57. The summed E-state index contributed by atoms with van der Waals surface area (Å²) in [5.74, 6) is 0.786. The molecule has 0 atom stereocenters. The predicted molar refractivity (Wildman–Crippen MR) is 83.2 cm³/mol. The van der Waals surface area contributed by atoms with E-state index in [1.807, 2.05) is 36.4 Å². The van der Waals surface area contributed by atoms with Crippen molar-refractivity contribution in [3.63, 3.8) is 0 Å². The van der Waals surface area contributed by atoms with Crippen molar-refractivity contribution in [1.82, 2.24) is 10.6 Å². The van der Waals surface area contributed by atoms with Crippen LogP contribution < -0.4 is 15.4 Å². The molecule has 0 aliphatic heterocycles. The summed E-state index contributed by atoms with van der Waals surface area (Å²) in [5, 5.41) is 14.3. The Balaban J connectivity index is 1.76. The SMILES string of the molecule is COc1ccc(CNC(=O)NCc2ccc(C#N)cc2)cc1. The number of benzene rings is 2. The van der Waals surface area contributed by atoms with E-state index < -0.39 is 0 Å². The normalized spacial score (nSPS) is 9.64. The highest BCUT2D eigenvalue weighted by Crippen LogP contribution is 2.10. The highest BCUT2D eigenvalue weighted by atomic mass is 16.5. The van der Waals surface area contributed by atoms with E-state index in [0.29, 0.717) is 18.7 Å². The van der Waals surface area contributed by atoms with Crippen LogP contribution in [0.5, 0.6) is 5.75 Å². The van der Waals surface area contributed by atoms with Gasteiger partial charge in [0.2, 0.25) is 0 Å². The van der Waals surface area contributed by atoms with Gasteiger partial charge in [0.25, 0.3) is 0 Å². The quantitative estimate of drug-likeness (QED) is 0.890. The molecule has 0 spiro atoms. The van der Waals surface area contributed by atoms with Crippen molar-refractivity contribution in [2.24, 2.45) is 0 Å². The zero-order chi connectivity index (χ0) is 15.8. The number of nitriles is 1. The van der Waals surface area contributed by atoms with Gasteiger partial charge in [-0.15, -0.1) is 0 Å². The first-order valence-corrected chi connectivity index (χ1v) is 6.85. The molecule has 0 saturated carbocycles. The van der Waals surface area contributed by atoms with Crippen LogP contribution in [0.4, 0.5) is 4.79 Å². The first kappa shape index (κ1) is 15.4. The van der Waals surface area contributed by atoms with Gasteiger partial charge in [-0.25, -0.2) is 4.79 Å². The Kier molecular flexibility index (Phi) is 5.38. The number of carbonyl (C=O) groups is 1. The second kappa shape index (κ2) is 7.70. The van der Waals surface area contributed by atoms with E-state index in [1.165, 1.54) is 0 Å². The average molecular weight is 295 g/mol. The molecule has 0 aliphatic carbocycles. The molecule has 0 fully saturated rings. The van der Waals surface area contributed by atoms with E-state index in [-0.39, 0.29) is 6.03 Å². The van der Waals surface area contributed by atoms with Crippen LogP contribution in [0.2, 0.25) is 0 Å². The first-order chi connectivity index (χ1) is 10.7. The summed E-state index contributed by atoms with van der Waals surface area (Å²) < 4.78 is 5.08. The van der Waals surface area contributed by atoms with Crippen LogP contribution in [0.25, 0.3) is 0 Å². The zero-order valence-electron chi connectivity index (χ0n) is 12.3. The molecule has 2 aromatic rings. The molecule has 2 N–H and O–H groups in total. The first-order valence-electron chi connectivity index (χ1n) is 6.85. The third-order valence-electron chi connectivity index (χ3n) is 3.15. The van der Waals surface area contributed by atoms with E-state index in [4.69, 9.17) is 10.00 Å². The highest BCUT2D eigenvalue weighted by Gasteiger charge is 2.01. The lowest BCUT2D eigenvalue weighted by Crippen LogP contribution is -2.34. The highest BCUT2D eigenvalue weighted by molar-refractivity contribution is 5.73. The molecule has 0 aliphatic rings. The summed E-state index contributed by atoms with van der Waals surface area (Å²) in [4.78, 5) is 11.7. The van der Waals surface area contributed by atoms with Crippen molar-refractivity contribution >= 4 is 6.03 Å². The van der Waals surface area contributed by atoms with Crippen molar-refractivity contribution in [1.29, 1.82) is 5.26 Å². The van der Waals surface area contributed by atoms with Gasteiger partial charge >= 0.3 is 6.03 Å². The Morgan fingerprint density at radius 2 is 1.50 bits per heavy atom. The van der Waals surface area contributed by atoms with Crippen LogP contribution >= 0.6 is 0 Å². The summed E-state index contributed by atoms with van der Waals surface area (Å²) in [5.41, 5.74) is 2.54. The third kappa shape index (κ3) is 4.53. The number of nitrogens with zero attached hydrogens (tertiary/aromatic N) is 1. The summed E-state index contributed by atoms with van der Waals surface area (Å²) in [6, 6.07) is 16.4. The number of carbonyl (C=O) groups excluding carboxylic acids is 1. The standard InChI is InChI=1S/C17H17N3O2/c1-22-16-8-6-15(7-9-16)12-20-17(21)19-11-14-4-2-13(10-18)3-5-14/h2-9H,11-12H2,1H3,(H2,19,20,21). The Labute approximate surface area is 129 Å². The van der Waals surface area contributed by atoms with Crippen LogP contribution in [0.15, 0.2) is 48.5 Å². The second-order valence-corrected chi connectivity index (χ2v) is 4.69. The van der Waals surface area contributed by atoms with Gasteiger partial charge < -0.3 is 15.4 Å². The van der Waals surface area contributed by atoms with Gasteiger partial charge in [-0.05, 0) is 35.4 Å². The fourth-order valence-electron chi connectivity index (χ4n) is 1.87. The molecule has 112 valence electrons. The van der Waals surface area contributed by atoms with Crippen molar-refractivity contribution in [2.75, 3.05) is 7.11 Å². The van der Waals surface area contributed by atoms with Crippen molar-refractivity contribution < 1.29 is 9.53 Å². The topological polar surface area (TPSA) is 74.2 Å². The molecule has 0 aromatic heterocycles. The number of urea groups is 1. The molecule has 0 heterocycles.